The molecule has 0 saturated heterocycles. The molecule has 17 heavy (non-hydrogen) atoms. The molecule has 98 valence electrons. The van der Waals surface area contributed by atoms with E-state index in [1.54, 1.807) is 0 Å². The molecule has 0 heterocycles. The van der Waals surface area contributed by atoms with Gasteiger partial charge in [-0.1, -0.05) is 13.8 Å². The van der Waals surface area contributed by atoms with Gasteiger partial charge < -0.3 is 10.1 Å². The van der Waals surface area contributed by atoms with E-state index < -0.39 is 0 Å². The van der Waals surface area contributed by atoms with E-state index in [1.807, 2.05) is 6.92 Å². The number of amides is 1. The van der Waals surface area contributed by atoms with E-state index in [4.69, 9.17) is 4.74 Å². The van der Waals surface area contributed by atoms with E-state index in [-0.39, 0.29) is 17.9 Å². The molecule has 3 heteroatoms. The molecular formula is C14H25NO2. The van der Waals surface area contributed by atoms with Gasteiger partial charge in [0.2, 0.25) is 5.91 Å². The molecule has 0 spiro atoms. The molecule has 2 aliphatic rings. The first-order chi connectivity index (χ1) is 8.11. The Labute approximate surface area is 104 Å². The van der Waals surface area contributed by atoms with E-state index in [2.05, 4.69) is 19.2 Å². The van der Waals surface area contributed by atoms with Gasteiger partial charge >= 0.3 is 0 Å². The van der Waals surface area contributed by atoms with Crippen molar-refractivity contribution >= 4 is 5.91 Å². The second-order valence-corrected chi connectivity index (χ2v) is 5.94. The summed E-state index contributed by atoms with van der Waals surface area (Å²) in [7, 11) is 0. The molecule has 0 aromatic carbocycles. The van der Waals surface area contributed by atoms with Gasteiger partial charge in [0.25, 0.3) is 0 Å². The van der Waals surface area contributed by atoms with E-state index in [1.165, 1.54) is 6.42 Å². The lowest BCUT2D eigenvalue weighted by atomic mass is 10.00. The highest BCUT2D eigenvalue weighted by molar-refractivity contribution is 5.79. The minimum absolute atomic E-state index is 0.166. The maximum atomic E-state index is 12.1. The van der Waals surface area contributed by atoms with Crippen LogP contribution in [0, 0.1) is 23.7 Å². The zero-order valence-corrected chi connectivity index (χ0v) is 11.2. The monoisotopic (exact) mass is 239 g/mol. The van der Waals surface area contributed by atoms with Crippen LogP contribution < -0.4 is 5.32 Å². The summed E-state index contributed by atoms with van der Waals surface area (Å²) in [6.07, 6.45) is 3.61. The van der Waals surface area contributed by atoms with Crippen molar-refractivity contribution in [3.8, 4) is 0 Å². The third kappa shape index (κ3) is 3.21. The quantitative estimate of drug-likeness (QED) is 0.771. The standard InChI is InChI=1S/C14H25NO2/c1-4-17-8-13(9(2)3)15-14(16)12-6-10-5-11(10)7-12/h9-13H,4-8H2,1-3H3,(H,15,16). The van der Waals surface area contributed by atoms with Gasteiger partial charge in [-0.15, -0.1) is 0 Å². The Morgan fingerprint density at radius 1 is 1.29 bits per heavy atom. The number of ether oxygens (including phenoxy) is 1. The Morgan fingerprint density at radius 3 is 2.47 bits per heavy atom. The van der Waals surface area contributed by atoms with Crippen LogP contribution in [0.1, 0.15) is 40.0 Å². The van der Waals surface area contributed by atoms with Crippen molar-refractivity contribution in [3.05, 3.63) is 0 Å². The average molecular weight is 239 g/mol. The maximum Gasteiger partial charge on any atom is 0.223 e. The lowest BCUT2D eigenvalue weighted by Crippen LogP contribution is -2.44. The number of hydrogen-bond donors (Lipinski definition) is 1. The van der Waals surface area contributed by atoms with Crippen LogP contribution in [-0.4, -0.2) is 25.2 Å². The number of hydrogen-bond acceptors (Lipinski definition) is 2. The van der Waals surface area contributed by atoms with Gasteiger partial charge in [-0.25, -0.2) is 0 Å². The van der Waals surface area contributed by atoms with Crippen molar-refractivity contribution in [1.29, 1.82) is 0 Å². The highest BCUT2D eigenvalue weighted by atomic mass is 16.5. The Kier molecular flexibility index (Phi) is 4.08. The van der Waals surface area contributed by atoms with Gasteiger partial charge in [-0.05, 0) is 43.9 Å². The fourth-order valence-corrected chi connectivity index (χ4v) is 2.88. The predicted octanol–water partition coefficient (Wildman–Crippen LogP) is 2.21. The summed E-state index contributed by atoms with van der Waals surface area (Å²) in [5, 5.41) is 3.17. The Balaban J connectivity index is 1.78. The van der Waals surface area contributed by atoms with Crippen LogP contribution in [0.15, 0.2) is 0 Å². The van der Waals surface area contributed by atoms with Gasteiger partial charge in [0, 0.05) is 12.5 Å². The summed E-state index contributed by atoms with van der Waals surface area (Å²) < 4.78 is 5.44. The number of fused-ring (bicyclic) bond motifs is 1. The predicted molar refractivity (Wildman–Crippen MR) is 67.6 cm³/mol. The largest absolute Gasteiger partial charge is 0.380 e. The first-order valence-electron chi connectivity index (χ1n) is 7.00. The van der Waals surface area contributed by atoms with Gasteiger partial charge in [0.05, 0.1) is 12.6 Å². The van der Waals surface area contributed by atoms with Crippen molar-refractivity contribution in [2.45, 2.75) is 46.1 Å². The minimum atomic E-state index is 0.166. The lowest BCUT2D eigenvalue weighted by Gasteiger charge is -2.24. The van der Waals surface area contributed by atoms with Crippen LogP contribution >= 0.6 is 0 Å². The van der Waals surface area contributed by atoms with E-state index in [0.29, 0.717) is 19.1 Å². The molecular weight excluding hydrogens is 214 g/mol. The summed E-state index contributed by atoms with van der Waals surface area (Å²) in [4.78, 5) is 12.1. The van der Waals surface area contributed by atoms with E-state index >= 15 is 0 Å². The van der Waals surface area contributed by atoms with Crippen molar-refractivity contribution in [2.24, 2.45) is 23.7 Å². The van der Waals surface area contributed by atoms with Crippen molar-refractivity contribution in [2.75, 3.05) is 13.2 Å². The molecule has 3 atom stereocenters. The minimum Gasteiger partial charge on any atom is -0.380 e. The zero-order chi connectivity index (χ0) is 12.4. The van der Waals surface area contributed by atoms with E-state index in [0.717, 1.165) is 24.7 Å². The molecule has 1 amide bonds. The van der Waals surface area contributed by atoms with Crippen LogP contribution in [0.4, 0.5) is 0 Å². The second-order valence-electron chi connectivity index (χ2n) is 5.94. The summed E-state index contributed by atoms with van der Waals surface area (Å²) in [6, 6.07) is 0.166. The first-order valence-corrected chi connectivity index (χ1v) is 7.00. The Hall–Kier alpha value is -0.570. The molecule has 2 saturated carbocycles. The molecule has 2 fully saturated rings. The molecule has 0 aromatic heterocycles. The lowest BCUT2D eigenvalue weighted by molar-refractivity contribution is -0.126. The fraction of sp³-hybridized carbons (Fsp3) is 0.929. The SMILES string of the molecule is CCOCC(NC(=O)C1CC2CC2C1)C(C)C. The Bertz CT molecular complexity index is 267. The van der Waals surface area contributed by atoms with Gasteiger partial charge in [-0.3, -0.25) is 4.79 Å². The normalized spacial score (nSPS) is 32.4. The third-order valence-electron chi connectivity index (χ3n) is 4.25. The van der Waals surface area contributed by atoms with Crippen LogP contribution in [-0.2, 0) is 9.53 Å². The van der Waals surface area contributed by atoms with Crippen molar-refractivity contribution in [1.82, 2.24) is 5.32 Å². The van der Waals surface area contributed by atoms with Gasteiger partial charge in [0.15, 0.2) is 0 Å². The molecule has 0 radical (unpaired) electrons. The number of carbonyl (C=O) groups is 1. The topological polar surface area (TPSA) is 38.3 Å². The summed E-state index contributed by atoms with van der Waals surface area (Å²) >= 11 is 0. The van der Waals surface area contributed by atoms with Gasteiger partial charge in [0.1, 0.15) is 0 Å². The number of carbonyl (C=O) groups excluding carboxylic acids is 1. The number of nitrogens with one attached hydrogen (secondary N) is 1. The van der Waals surface area contributed by atoms with Crippen LogP contribution in [0.5, 0.6) is 0 Å². The van der Waals surface area contributed by atoms with E-state index in [9.17, 15) is 4.79 Å². The molecule has 3 nitrogen and oxygen atoms in total. The fourth-order valence-electron chi connectivity index (χ4n) is 2.88. The maximum absolute atomic E-state index is 12.1. The zero-order valence-electron chi connectivity index (χ0n) is 11.2. The van der Waals surface area contributed by atoms with Crippen LogP contribution in [0.25, 0.3) is 0 Å². The molecule has 2 rings (SSSR count). The second kappa shape index (κ2) is 5.38. The molecule has 0 bridgehead atoms. The summed E-state index contributed by atoms with van der Waals surface area (Å²) in [6.45, 7) is 7.61. The van der Waals surface area contributed by atoms with Crippen LogP contribution in [0.3, 0.4) is 0 Å². The molecule has 2 aliphatic carbocycles. The molecule has 0 aliphatic heterocycles. The third-order valence-corrected chi connectivity index (χ3v) is 4.25. The van der Waals surface area contributed by atoms with Crippen molar-refractivity contribution in [3.63, 3.8) is 0 Å². The highest BCUT2D eigenvalue weighted by Crippen LogP contribution is 2.54. The molecule has 3 unspecified atom stereocenters. The highest BCUT2D eigenvalue weighted by Gasteiger charge is 2.48. The molecule has 0 aromatic rings. The van der Waals surface area contributed by atoms with Gasteiger partial charge in [-0.2, -0.15) is 0 Å². The smallest absolute Gasteiger partial charge is 0.223 e. The molecule has 1 N–H and O–H groups in total. The first kappa shape index (κ1) is 12.9. The summed E-state index contributed by atoms with van der Waals surface area (Å²) in [5.74, 6) is 2.71. The Morgan fingerprint density at radius 2 is 1.94 bits per heavy atom. The average Bonchev–Trinajstić information content (AvgIpc) is 2.90. The van der Waals surface area contributed by atoms with Crippen LogP contribution in [0.2, 0.25) is 0 Å². The number of rotatable bonds is 6. The summed E-state index contributed by atoms with van der Waals surface area (Å²) in [5.41, 5.74) is 0. The van der Waals surface area contributed by atoms with Crippen molar-refractivity contribution < 1.29 is 9.53 Å².